The predicted octanol–water partition coefficient (Wildman–Crippen LogP) is 3.82. The van der Waals surface area contributed by atoms with Gasteiger partial charge in [0.15, 0.2) is 0 Å². The van der Waals surface area contributed by atoms with E-state index >= 15 is 0 Å². The van der Waals surface area contributed by atoms with E-state index in [0.717, 1.165) is 10.9 Å². The van der Waals surface area contributed by atoms with Crippen LogP contribution in [0.25, 0.3) is 0 Å². The van der Waals surface area contributed by atoms with E-state index in [1.165, 1.54) is 11.1 Å². The standard InChI is InChI=1S/C12H15BrO/c1-12(2)7-11(14-3)9-6-8(13)4-5-10(9)12/h4-6,11H,7H2,1-3H3. The predicted molar refractivity (Wildman–Crippen MR) is 61.5 cm³/mol. The minimum absolute atomic E-state index is 0.247. The van der Waals surface area contributed by atoms with Gasteiger partial charge in [-0.2, -0.15) is 0 Å². The molecule has 1 atom stereocenters. The summed E-state index contributed by atoms with van der Waals surface area (Å²) in [5.41, 5.74) is 3.01. The van der Waals surface area contributed by atoms with E-state index < -0.39 is 0 Å². The van der Waals surface area contributed by atoms with Gasteiger partial charge in [-0.3, -0.25) is 0 Å². The highest BCUT2D eigenvalue weighted by molar-refractivity contribution is 9.10. The average molecular weight is 255 g/mol. The highest BCUT2D eigenvalue weighted by Gasteiger charge is 2.36. The summed E-state index contributed by atoms with van der Waals surface area (Å²) in [6.45, 7) is 4.55. The van der Waals surface area contributed by atoms with Crippen molar-refractivity contribution in [3.8, 4) is 0 Å². The van der Waals surface area contributed by atoms with Crippen LogP contribution in [0, 0.1) is 0 Å². The van der Waals surface area contributed by atoms with Gasteiger partial charge < -0.3 is 4.74 Å². The lowest BCUT2D eigenvalue weighted by atomic mass is 9.87. The van der Waals surface area contributed by atoms with Crippen molar-refractivity contribution in [1.82, 2.24) is 0 Å². The maximum absolute atomic E-state index is 5.51. The second-order valence-corrected chi connectivity index (χ2v) is 5.46. The van der Waals surface area contributed by atoms with Gasteiger partial charge in [-0.25, -0.2) is 0 Å². The van der Waals surface area contributed by atoms with Crippen LogP contribution in [0.1, 0.15) is 37.5 Å². The highest BCUT2D eigenvalue weighted by Crippen LogP contribution is 2.46. The van der Waals surface area contributed by atoms with E-state index in [1.54, 1.807) is 7.11 Å². The molecule has 0 amide bonds. The van der Waals surface area contributed by atoms with Crippen LogP contribution in [0.3, 0.4) is 0 Å². The summed E-state index contributed by atoms with van der Waals surface area (Å²) in [5, 5.41) is 0. The Bertz CT molecular complexity index is 357. The molecule has 1 nitrogen and oxygen atoms in total. The molecule has 0 radical (unpaired) electrons. The fourth-order valence-corrected chi connectivity index (χ4v) is 2.69. The molecule has 1 aliphatic rings. The molecule has 14 heavy (non-hydrogen) atoms. The van der Waals surface area contributed by atoms with Crippen molar-refractivity contribution in [3.05, 3.63) is 33.8 Å². The summed E-state index contributed by atoms with van der Waals surface area (Å²) in [7, 11) is 1.79. The van der Waals surface area contributed by atoms with Crippen LogP contribution in [0.5, 0.6) is 0 Å². The topological polar surface area (TPSA) is 9.23 Å². The average Bonchev–Trinajstić information content (AvgIpc) is 2.37. The lowest BCUT2D eigenvalue weighted by Crippen LogP contribution is -2.12. The fourth-order valence-electron chi connectivity index (χ4n) is 2.31. The molecular weight excluding hydrogens is 240 g/mol. The van der Waals surface area contributed by atoms with Gasteiger partial charge in [0.25, 0.3) is 0 Å². The molecule has 2 rings (SSSR count). The van der Waals surface area contributed by atoms with E-state index in [9.17, 15) is 0 Å². The van der Waals surface area contributed by atoms with E-state index in [-0.39, 0.29) is 11.5 Å². The molecule has 76 valence electrons. The Kier molecular flexibility index (Phi) is 2.44. The molecular formula is C12H15BrO. The molecule has 0 N–H and O–H groups in total. The van der Waals surface area contributed by atoms with Crippen molar-refractivity contribution < 1.29 is 4.74 Å². The van der Waals surface area contributed by atoms with E-state index in [4.69, 9.17) is 4.74 Å². The number of rotatable bonds is 1. The van der Waals surface area contributed by atoms with Crippen molar-refractivity contribution in [2.24, 2.45) is 0 Å². The summed E-state index contributed by atoms with van der Waals surface area (Å²) in [6.07, 6.45) is 1.34. The van der Waals surface area contributed by atoms with Crippen molar-refractivity contribution in [1.29, 1.82) is 0 Å². The molecule has 0 aromatic heterocycles. The molecule has 0 aliphatic heterocycles. The minimum atomic E-state index is 0.247. The fraction of sp³-hybridized carbons (Fsp3) is 0.500. The van der Waals surface area contributed by atoms with Crippen LogP contribution in [0.2, 0.25) is 0 Å². The number of methoxy groups -OCH3 is 1. The highest BCUT2D eigenvalue weighted by atomic mass is 79.9. The number of hydrogen-bond donors (Lipinski definition) is 0. The van der Waals surface area contributed by atoms with Gasteiger partial charge in [0.1, 0.15) is 0 Å². The zero-order valence-electron chi connectivity index (χ0n) is 8.80. The van der Waals surface area contributed by atoms with E-state index in [2.05, 4.69) is 48.0 Å². The first-order valence-electron chi connectivity index (χ1n) is 4.87. The van der Waals surface area contributed by atoms with Crippen LogP contribution in [-0.2, 0) is 10.2 Å². The van der Waals surface area contributed by atoms with Crippen molar-refractivity contribution in [3.63, 3.8) is 0 Å². The van der Waals surface area contributed by atoms with Gasteiger partial charge in [0.05, 0.1) is 6.10 Å². The molecule has 0 heterocycles. The maximum Gasteiger partial charge on any atom is 0.0832 e. The lowest BCUT2D eigenvalue weighted by molar-refractivity contribution is 0.0929. The van der Waals surface area contributed by atoms with Gasteiger partial charge in [0.2, 0.25) is 0 Å². The molecule has 0 fully saturated rings. The number of ether oxygens (including phenoxy) is 1. The number of fused-ring (bicyclic) bond motifs is 1. The second-order valence-electron chi connectivity index (χ2n) is 4.54. The Labute approximate surface area is 93.6 Å². The number of hydrogen-bond acceptors (Lipinski definition) is 1. The van der Waals surface area contributed by atoms with Crippen molar-refractivity contribution >= 4 is 15.9 Å². The monoisotopic (exact) mass is 254 g/mol. The summed E-state index contributed by atoms with van der Waals surface area (Å²) >= 11 is 3.50. The first-order chi connectivity index (χ1) is 6.54. The largest absolute Gasteiger partial charge is 0.377 e. The van der Waals surface area contributed by atoms with Gasteiger partial charge >= 0.3 is 0 Å². The summed E-state index contributed by atoms with van der Waals surface area (Å²) in [5.74, 6) is 0. The quantitative estimate of drug-likeness (QED) is 0.741. The zero-order chi connectivity index (χ0) is 10.3. The van der Waals surface area contributed by atoms with Crippen molar-refractivity contribution in [2.75, 3.05) is 7.11 Å². The van der Waals surface area contributed by atoms with Crippen LogP contribution in [0.15, 0.2) is 22.7 Å². The first kappa shape index (κ1) is 10.2. The van der Waals surface area contributed by atoms with E-state index in [1.807, 2.05) is 0 Å². The van der Waals surface area contributed by atoms with Crippen LogP contribution in [0.4, 0.5) is 0 Å². The summed E-state index contributed by atoms with van der Waals surface area (Å²) in [6, 6.07) is 6.50. The third-order valence-electron chi connectivity index (χ3n) is 3.07. The van der Waals surface area contributed by atoms with Crippen LogP contribution >= 0.6 is 15.9 Å². The molecule has 1 aromatic rings. The Hall–Kier alpha value is -0.340. The second kappa shape index (κ2) is 3.35. The Morgan fingerprint density at radius 2 is 2.14 bits per heavy atom. The zero-order valence-corrected chi connectivity index (χ0v) is 10.4. The molecule has 0 saturated carbocycles. The van der Waals surface area contributed by atoms with Crippen molar-refractivity contribution in [2.45, 2.75) is 31.8 Å². The van der Waals surface area contributed by atoms with Crippen LogP contribution in [-0.4, -0.2) is 7.11 Å². The number of halogens is 1. The summed E-state index contributed by atoms with van der Waals surface area (Å²) in [4.78, 5) is 0. The molecule has 2 heteroatoms. The third kappa shape index (κ3) is 1.51. The third-order valence-corrected chi connectivity index (χ3v) is 3.56. The van der Waals surface area contributed by atoms with Gasteiger partial charge in [-0.05, 0) is 35.1 Å². The summed E-state index contributed by atoms with van der Waals surface area (Å²) < 4.78 is 6.64. The maximum atomic E-state index is 5.51. The normalized spacial score (nSPS) is 23.6. The smallest absolute Gasteiger partial charge is 0.0832 e. The Morgan fingerprint density at radius 3 is 2.79 bits per heavy atom. The van der Waals surface area contributed by atoms with Crippen LogP contribution < -0.4 is 0 Å². The molecule has 1 unspecified atom stereocenters. The SMILES string of the molecule is COC1CC(C)(C)c2ccc(Br)cc21. The molecule has 1 aliphatic carbocycles. The lowest BCUT2D eigenvalue weighted by Gasteiger charge is -2.18. The first-order valence-corrected chi connectivity index (χ1v) is 5.66. The van der Waals surface area contributed by atoms with Gasteiger partial charge in [-0.1, -0.05) is 35.8 Å². The minimum Gasteiger partial charge on any atom is -0.377 e. The molecule has 0 bridgehead atoms. The molecule has 1 aromatic carbocycles. The Balaban J connectivity index is 2.54. The van der Waals surface area contributed by atoms with Gasteiger partial charge in [0, 0.05) is 11.6 Å². The Morgan fingerprint density at radius 1 is 1.43 bits per heavy atom. The van der Waals surface area contributed by atoms with E-state index in [0.29, 0.717) is 0 Å². The molecule has 0 saturated heterocycles. The van der Waals surface area contributed by atoms with Gasteiger partial charge in [-0.15, -0.1) is 0 Å². The number of benzene rings is 1. The molecule has 0 spiro atoms.